The molecule has 6 N–H and O–H groups in total. The van der Waals surface area contributed by atoms with Crippen LogP contribution in [0.3, 0.4) is 0 Å². The van der Waals surface area contributed by atoms with Gasteiger partial charge in [0.2, 0.25) is 5.91 Å². The Bertz CT molecular complexity index is 1740. The summed E-state index contributed by atoms with van der Waals surface area (Å²) in [5, 5.41) is 57.2. The molecule has 0 aliphatic carbocycles. The molecular weight excluding hydrogens is 1090 g/mol. The van der Waals surface area contributed by atoms with Crippen molar-refractivity contribution < 1.29 is 49.3 Å². The van der Waals surface area contributed by atoms with Crippen LogP contribution in [0.15, 0.2) is 85.1 Å². The minimum Gasteiger partial charge on any atom is -0.454 e. The maximum Gasteiger partial charge on any atom is 0.306 e. The highest BCUT2D eigenvalue weighted by Crippen LogP contribution is 2.26. The minimum absolute atomic E-state index is 0.109. The molecule has 8 atom stereocenters. The predicted octanol–water partition coefficient (Wildman–Crippen LogP) is 18.8. The van der Waals surface area contributed by atoms with Gasteiger partial charge in [0.25, 0.3) is 0 Å². The Morgan fingerprint density at radius 1 is 0.448 bits per heavy atom. The van der Waals surface area contributed by atoms with Crippen molar-refractivity contribution >= 4 is 11.9 Å². The molecule has 1 aliphatic rings. The van der Waals surface area contributed by atoms with Gasteiger partial charge in [-0.05, 0) is 103 Å². The predicted molar refractivity (Wildman–Crippen MR) is 366 cm³/mol. The molecule has 87 heavy (non-hydrogen) atoms. The van der Waals surface area contributed by atoms with Crippen LogP contribution in [0.25, 0.3) is 0 Å². The maximum absolute atomic E-state index is 13.5. The fourth-order valence-corrected chi connectivity index (χ4v) is 11.0. The van der Waals surface area contributed by atoms with Crippen molar-refractivity contribution in [2.45, 2.75) is 372 Å². The van der Waals surface area contributed by atoms with Gasteiger partial charge in [0, 0.05) is 6.42 Å². The zero-order valence-electron chi connectivity index (χ0n) is 56.1. The summed E-state index contributed by atoms with van der Waals surface area (Å²) in [4.78, 5) is 26.7. The molecule has 1 amide bonds. The molecule has 0 bridgehead atoms. The summed E-state index contributed by atoms with van der Waals surface area (Å²) in [6.45, 7) is 5.76. The van der Waals surface area contributed by atoms with Gasteiger partial charge in [-0.3, -0.25) is 9.59 Å². The summed E-state index contributed by atoms with van der Waals surface area (Å²) in [7, 11) is 0. The van der Waals surface area contributed by atoms with E-state index in [1.165, 1.54) is 167 Å². The van der Waals surface area contributed by atoms with E-state index in [0.717, 1.165) is 109 Å². The van der Waals surface area contributed by atoms with Crippen LogP contribution < -0.4 is 5.32 Å². The Balaban J connectivity index is 2.55. The first-order chi connectivity index (χ1) is 42.7. The highest BCUT2D eigenvalue weighted by Gasteiger charge is 2.47. The number of allylic oxidation sites excluding steroid dienone is 13. The lowest BCUT2D eigenvalue weighted by atomic mass is 9.99. The van der Waals surface area contributed by atoms with Gasteiger partial charge in [-0.15, -0.1) is 0 Å². The molecule has 0 aromatic rings. The van der Waals surface area contributed by atoms with E-state index < -0.39 is 67.4 Å². The monoisotopic (exact) mass is 1220 g/mol. The van der Waals surface area contributed by atoms with E-state index in [1.54, 1.807) is 6.08 Å². The van der Waals surface area contributed by atoms with Crippen molar-refractivity contribution in [1.82, 2.24) is 5.32 Å². The van der Waals surface area contributed by atoms with Crippen LogP contribution in [0.5, 0.6) is 0 Å². The summed E-state index contributed by atoms with van der Waals surface area (Å²) in [5.41, 5.74) is 0. The van der Waals surface area contributed by atoms with Crippen molar-refractivity contribution in [2.24, 2.45) is 0 Å². The minimum atomic E-state index is -1.62. The Hall–Kier alpha value is -3.16. The Labute approximate surface area is 533 Å². The average molecular weight is 1220 g/mol. The van der Waals surface area contributed by atoms with Crippen LogP contribution in [0.4, 0.5) is 0 Å². The summed E-state index contributed by atoms with van der Waals surface area (Å²) < 4.78 is 17.7. The molecule has 1 heterocycles. The molecular formula is C76H135NO10. The summed E-state index contributed by atoms with van der Waals surface area (Å²) in [5.74, 6) is -1.20. The maximum atomic E-state index is 13.5. The smallest absolute Gasteiger partial charge is 0.306 e. The molecule has 11 nitrogen and oxygen atoms in total. The molecule has 0 aromatic heterocycles. The van der Waals surface area contributed by atoms with Crippen LogP contribution in [0.2, 0.25) is 0 Å². The number of nitrogens with one attached hydrogen (secondary N) is 1. The van der Waals surface area contributed by atoms with Crippen LogP contribution in [-0.2, 0) is 23.8 Å². The number of aliphatic hydroxyl groups is 5. The fourth-order valence-electron chi connectivity index (χ4n) is 11.0. The second kappa shape index (κ2) is 63.0. The van der Waals surface area contributed by atoms with Gasteiger partial charge < -0.3 is 45.1 Å². The lowest BCUT2D eigenvalue weighted by Crippen LogP contribution is -2.61. The van der Waals surface area contributed by atoms with Gasteiger partial charge in [-0.2, -0.15) is 0 Å². The SMILES string of the molecule is CCCCC/C=C\C/C=C\C/C=C\C/C=C\CCCCCCCCCC(=O)OC1C(OCC(NC(=O)C(O)CCCCCCCCCCCCCCCC/C=C\C/C=C\CCCCC)C(O)/C=C/CCCCCCCCCCC)OC(CO)C(O)C1O. The quantitative estimate of drug-likeness (QED) is 0.0195. The van der Waals surface area contributed by atoms with Crippen molar-refractivity contribution in [3.05, 3.63) is 85.1 Å². The molecule has 0 spiro atoms. The second-order valence-corrected chi connectivity index (χ2v) is 25.0. The van der Waals surface area contributed by atoms with E-state index >= 15 is 0 Å². The lowest BCUT2D eigenvalue weighted by molar-refractivity contribution is -0.305. The summed E-state index contributed by atoms with van der Waals surface area (Å²) >= 11 is 0. The van der Waals surface area contributed by atoms with Crippen molar-refractivity contribution in [2.75, 3.05) is 13.2 Å². The number of ether oxygens (including phenoxy) is 3. The first kappa shape index (κ1) is 81.9. The zero-order valence-corrected chi connectivity index (χ0v) is 56.1. The third-order valence-corrected chi connectivity index (χ3v) is 16.8. The lowest BCUT2D eigenvalue weighted by Gasteiger charge is -2.41. The molecule has 1 saturated heterocycles. The third-order valence-electron chi connectivity index (χ3n) is 16.8. The van der Waals surface area contributed by atoms with E-state index in [2.05, 4.69) is 99.0 Å². The van der Waals surface area contributed by atoms with Gasteiger partial charge in [-0.25, -0.2) is 0 Å². The van der Waals surface area contributed by atoms with Crippen molar-refractivity contribution in [1.29, 1.82) is 0 Å². The Morgan fingerprint density at radius 2 is 0.793 bits per heavy atom. The zero-order chi connectivity index (χ0) is 63.1. The van der Waals surface area contributed by atoms with Crippen LogP contribution >= 0.6 is 0 Å². The molecule has 0 radical (unpaired) electrons. The number of carbonyl (C=O) groups excluding carboxylic acids is 2. The third kappa shape index (κ3) is 50.2. The van der Waals surface area contributed by atoms with Gasteiger partial charge in [0.05, 0.1) is 25.4 Å². The van der Waals surface area contributed by atoms with Gasteiger partial charge in [-0.1, -0.05) is 298 Å². The Morgan fingerprint density at radius 3 is 1.21 bits per heavy atom. The number of esters is 1. The van der Waals surface area contributed by atoms with Crippen LogP contribution in [0, 0.1) is 0 Å². The van der Waals surface area contributed by atoms with E-state index in [9.17, 15) is 35.1 Å². The number of amides is 1. The van der Waals surface area contributed by atoms with E-state index in [0.29, 0.717) is 12.8 Å². The number of hydrogen-bond acceptors (Lipinski definition) is 10. The molecule has 8 unspecified atom stereocenters. The van der Waals surface area contributed by atoms with E-state index in [4.69, 9.17) is 14.2 Å². The second-order valence-electron chi connectivity index (χ2n) is 25.0. The number of carbonyl (C=O) groups is 2. The largest absolute Gasteiger partial charge is 0.454 e. The molecule has 1 aliphatic heterocycles. The molecule has 1 rings (SSSR count). The highest BCUT2D eigenvalue weighted by molar-refractivity contribution is 5.80. The number of hydrogen-bond donors (Lipinski definition) is 6. The van der Waals surface area contributed by atoms with Gasteiger partial charge in [0.1, 0.15) is 24.4 Å². The van der Waals surface area contributed by atoms with Crippen molar-refractivity contribution in [3.8, 4) is 0 Å². The summed E-state index contributed by atoms with van der Waals surface area (Å²) in [6.07, 6.45) is 73.4. The van der Waals surface area contributed by atoms with Crippen LogP contribution in [0.1, 0.15) is 323 Å². The normalized spacial score (nSPS) is 18.7. The highest BCUT2D eigenvalue weighted by atomic mass is 16.7. The average Bonchev–Trinajstić information content (AvgIpc) is 2.93. The summed E-state index contributed by atoms with van der Waals surface area (Å²) in [6, 6.07) is -1.03. The first-order valence-electron chi connectivity index (χ1n) is 36.4. The molecule has 0 saturated carbocycles. The molecule has 504 valence electrons. The Kier molecular flexibility index (Phi) is 59.3. The van der Waals surface area contributed by atoms with Crippen molar-refractivity contribution in [3.63, 3.8) is 0 Å². The number of aliphatic hydroxyl groups excluding tert-OH is 5. The van der Waals surface area contributed by atoms with E-state index in [-0.39, 0.29) is 19.4 Å². The van der Waals surface area contributed by atoms with E-state index in [1.807, 2.05) is 6.08 Å². The van der Waals surface area contributed by atoms with Gasteiger partial charge in [0.15, 0.2) is 12.4 Å². The number of unbranched alkanes of at least 4 members (excludes halogenated alkanes) is 36. The standard InChI is InChI=1S/C76H135NO10/c1-4-7-10-13-16-19-22-24-26-28-30-32-34-36-37-39-41-43-45-48-51-54-57-60-63-69(80)75(84)77-67(68(79)62-59-56-53-50-47-21-18-15-12-9-6-3)66-85-76-74(73(83)72(82)70(65-78)86-76)87-71(81)64-61-58-55-52-49-46-44-42-40-38-35-33-31-29-27-25-23-20-17-14-11-8-5-2/h16-17,19-20,24-27,31,33,38,40,59,62,67-70,72-74,76,78-80,82-83H,4-15,18,21-23,28-30,32,34-37,39,41-58,60-61,63-66H2,1-3H3,(H,77,84)/b19-16-,20-17-,26-24-,27-25-,33-31-,40-38-,62-59+. The van der Waals surface area contributed by atoms with Crippen LogP contribution in [-0.4, -0.2) is 99.6 Å². The van der Waals surface area contributed by atoms with Gasteiger partial charge >= 0.3 is 5.97 Å². The molecule has 11 heteroatoms. The molecule has 1 fully saturated rings. The topological polar surface area (TPSA) is 175 Å². The fraction of sp³-hybridized carbons (Fsp3) is 0.789. The molecule has 0 aromatic carbocycles. The number of rotatable bonds is 62. The first-order valence-corrected chi connectivity index (χ1v) is 36.4.